The predicted molar refractivity (Wildman–Crippen MR) is 99.4 cm³/mol. The molecule has 4 nitrogen and oxygen atoms in total. The molecule has 0 aliphatic heterocycles. The molecule has 0 atom stereocenters. The van der Waals surface area contributed by atoms with Gasteiger partial charge in [0.2, 0.25) is 0 Å². The van der Waals surface area contributed by atoms with Gasteiger partial charge in [0.15, 0.2) is 0 Å². The summed E-state index contributed by atoms with van der Waals surface area (Å²) in [4.78, 5) is 21.7. The number of hydrogen-bond acceptors (Lipinski definition) is 4. The van der Waals surface area contributed by atoms with E-state index in [0.29, 0.717) is 11.1 Å². The van der Waals surface area contributed by atoms with Crippen molar-refractivity contribution >= 4 is 11.9 Å². The minimum atomic E-state index is -1.08. The van der Waals surface area contributed by atoms with Crippen LogP contribution in [0.1, 0.15) is 65.2 Å². The summed E-state index contributed by atoms with van der Waals surface area (Å²) >= 11 is 0. The first kappa shape index (κ1) is 25.3. The molecule has 2 aromatic rings. The van der Waals surface area contributed by atoms with E-state index in [4.69, 9.17) is 0 Å². The number of rotatable bonds is 2. The molecule has 0 N–H and O–H groups in total. The third-order valence-electron chi connectivity index (χ3n) is 5.14. The fourth-order valence-electron chi connectivity index (χ4n) is 3.05. The molecule has 0 fully saturated rings. The minimum Gasteiger partial charge on any atom is -0.545 e. The molecular formula is C22H26CdO4. The molecule has 0 aliphatic rings. The Labute approximate surface area is 181 Å². The minimum absolute atomic E-state index is 0. The monoisotopic (exact) mass is 468 g/mol. The van der Waals surface area contributed by atoms with Crippen LogP contribution in [-0.2, 0) is 27.3 Å². The molecule has 0 bridgehead atoms. The zero-order valence-electron chi connectivity index (χ0n) is 17.5. The van der Waals surface area contributed by atoms with Crippen molar-refractivity contribution in [3.63, 3.8) is 0 Å². The summed E-state index contributed by atoms with van der Waals surface area (Å²) < 4.78 is 0. The molecule has 0 amide bonds. The maximum Gasteiger partial charge on any atom is 2.00 e. The Hall–Kier alpha value is -1.70. The van der Waals surface area contributed by atoms with E-state index in [9.17, 15) is 19.8 Å². The number of carbonyl (C=O) groups excluding carboxylic acids is 2. The summed E-state index contributed by atoms with van der Waals surface area (Å²) in [6.45, 7) is 14.9. The Morgan fingerprint density at radius 2 is 0.741 bits per heavy atom. The molecule has 5 heteroatoms. The van der Waals surface area contributed by atoms with Gasteiger partial charge in [0.05, 0.1) is 11.9 Å². The van der Waals surface area contributed by atoms with Crippen molar-refractivity contribution < 1.29 is 47.1 Å². The van der Waals surface area contributed by atoms with E-state index < -0.39 is 11.9 Å². The number of carboxylic acid groups (broad SMARTS) is 2. The maximum absolute atomic E-state index is 10.8. The van der Waals surface area contributed by atoms with Gasteiger partial charge in [-0.15, -0.1) is 0 Å². The van der Waals surface area contributed by atoms with Crippen molar-refractivity contribution in [2.45, 2.75) is 55.4 Å². The van der Waals surface area contributed by atoms with Crippen LogP contribution in [0, 0.1) is 55.4 Å². The van der Waals surface area contributed by atoms with E-state index in [1.165, 1.54) is 0 Å². The maximum atomic E-state index is 10.8. The summed E-state index contributed by atoms with van der Waals surface area (Å²) in [7, 11) is 0. The summed E-state index contributed by atoms with van der Waals surface area (Å²) in [6.07, 6.45) is 0. The van der Waals surface area contributed by atoms with E-state index in [1.807, 2.05) is 67.5 Å². The van der Waals surface area contributed by atoms with Crippen molar-refractivity contribution in [2.24, 2.45) is 0 Å². The van der Waals surface area contributed by atoms with E-state index in [1.54, 1.807) is 0 Å². The molecule has 2 rings (SSSR count). The van der Waals surface area contributed by atoms with Crippen molar-refractivity contribution in [3.8, 4) is 0 Å². The van der Waals surface area contributed by atoms with E-state index in [2.05, 4.69) is 0 Å². The number of aryl methyl sites for hydroxylation is 4. The number of carbonyl (C=O) groups is 2. The average molecular weight is 467 g/mol. The predicted octanol–water partition coefficient (Wildman–Crippen LogP) is 2.57. The van der Waals surface area contributed by atoms with E-state index in [-0.39, 0.29) is 27.3 Å². The summed E-state index contributed by atoms with van der Waals surface area (Å²) in [5, 5.41) is 21.7. The number of benzene rings is 2. The Kier molecular flexibility index (Phi) is 9.38. The third-order valence-corrected chi connectivity index (χ3v) is 5.14. The van der Waals surface area contributed by atoms with Crippen LogP contribution in [-0.4, -0.2) is 11.9 Å². The molecule has 0 aromatic heterocycles. The van der Waals surface area contributed by atoms with E-state index >= 15 is 0 Å². The third kappa shape index (κ3) is 5.64. The second kappa shape index (κ2) is 10.0. The molecule has 2 aromatic carbocycles. The standard InChI is InChI=1S/2C11H14O2.Cd/c2*1-6-5-7(2)9(4)10(8(6)3)11(12)13;/h2*5H,1-4H3,(H,12,13);/q;;+2/p-2. The van der Waals surface area contributed by atoms with Gasteiger partial charge in [0.1, 0.15) is 0 Å². The molecule has 140 valence electrons. The molecule has 0 radical (unpaired) electrons. The largest absolute Gasteiger partial charge is 2.00 e. The normalized spacial score (nSPS) is 9.78. The smallest absolute Gasteiger partial charge is 0.545 e. The van der Waals surface area contributed by atoms with Gasteiger partial charge in [-0.25, -0.2) is 0 Å². The summed E-state index contributed by atoms with van der Waals surface area (Å²) in [6, 6.07) is 3.99. The fraction of sp³-hybridized carbons (Fsp3) is 0.364. The van der Waals surface area contributed by atoms with Crippen LogP contribution in [0.15, 0.2) is 12.1 Å². The Morgan fingerprint density at radius 1 is 0.556 bits per heavy atom. The Morgan fingerprint density at radius 3 is 0.889 bits per heavy atom. The summed E-state index contributed by atoms with van der Waals surface area (Å²) in [5.74, 6) is -2.16. The topological polar surface area (TPSA) is 80.3 Å². The molecule has 27 heavy (non-hydrogen) atoms. The zero-order valence-corrected chi connectivity index (χ0v) is 21.5. The average Bonchev–Trinajstić information content (AvgIpc) is 2.51. The fourth-order valence-corrected chi connectivity index (χ4v) is 3.05. The Balaban J connectivity index is 0.000000483. The second-order valence-electron chi connectivity index (χ2n) is 6.85. The van der Waals surface area contributed by atoms with Gasteiger partial charge in [0, 0.05) is 11.1 Å². The Bertz CT molecular complexity index is 757. The summed E-state index contributed by atoms with van der Waals surface area (Å²) in [5.41, 5.74) is 7.93. The van der Waals surface area contributed by atoms with Crippen molar-refractivity contribution in [1.29, 1.82) is 0 Å². The van der Waals surface area contributed by atoms with Crippen LogP contribution in [0.3, 0.4) is 0 Å². The van der Waals surface area contributed by atoms with Crippen molar-refractivity contribution in [2.75, 3.05) is 0 Å². The second-order valence-corrected chi connectivity index (χ2v) is 6.85. The first-order valence-corrected chi connectivity index (χ1v) is 8.47. The first-order valence-electron chi connectivity index (χ1n) is 8.47. The molecule has 0 unspecified atom stereocenters. The number of carboxylic acids is 2. The van der Waals surface area contributed by atoms with Crippen LogP contribution in [0.4, 0.5) is 0 Å². The quantitative estimate of drug-likeness (QED) is 0.637. The van der Waals surface area contributed by atoms with E-state index in [0.717, 1.165) is 44.5 Å². The van der Waals surface area contributed by atoms with Crippen molar-refractivity contribution in [3.05, 3.63) is 67.8 Å². The van der Waals surface area contributed by atoms with Crippen LogP contribution in [0.2, 0.25) is 0 Å². The molecule has 0 aliphatic carbocycles. The van der Waals surface area contributed by atoms with Crippen molar-refractivity contribution in [1.82, 2.24) is 0 Å². The van der Waals surface area contributed by atoms with Gasteiger partial charge in [-0.2, -0.15) is 0 Å². The van der Waals surface area contributed by atoms with Gasteiger partial charge in [-0.3, -0.25) is 0 Å². The molecule has 0 heterocycles. The van der Waals surface area contributed by atoms with Gasteiger partial charge in [-0.1, -0.05) is 12.1 Å². The number of hydrogen-bond donors (Lipinski definition) is 0. The van der Waals surface area contributed by atoms with Crippen LogP contribution in [0.5, 0.6) is 0 Å². The van der Waals surface area contributed by atoms with Gasteiger partial charge in [-0.05, 0) is 99.9 Å². The van der Waals surface area contributed by atoms with Crippen LogP contribution in [0.25, 0.3) is 0 Å². The molecule has 0 saturated heterocycles. The van der Waals surface area contributed by atoms with Gasteiger partial charge >= 0.3 is 27.3 Å². The van der Waals surface area contributed by atoms with Crippen LogP contribution >= 0.6 is 0 Å². The SMILES string of the molecule is Cc1cc(C)c(C)c(C(=O)[O-])c1C.Cc1cc(C)c(C)c(C(=O)[O-])c1C.[Cd+2]. The molecule has 0 spiro atoms. The molecular weight excluding hydrogens is 441 g/mol. The molecule has 0 saturated carbocycles. The van der Waals surface area contributed by atoms with Crippen LogP contribution < -0.4 is 10.2 Å². The van der Waals surface area contributed by atoms with Gasteiger partial charge < -0.3 is 19.8 Å². The van der Waals surface area contributed by atoms with Gasteiger partial charge in [0.25, 0.3) is 0 Å². The zero-order chi connectivity index (χ0) is 20.3. The number of aromatic carboxylic acids is 2. The first-order chi connectivity index (χ1) is 11.9.